The Labute approximate surface area is 218 Å². The van der Waals surface area contributed by atoms with Crippen molar-refractivity contribution in [3.63, 3.8) is 0 Å². The minimum atomic E-state index is -4.17. The molecule has 12 heteroatoms. The van der Waals surface area contributed by atoms with Gasteiger partial charge in [-0.05, 0) is 42.8 Å². The number of carbonyl (C=O) groups is 1. The number of pyridine rings is 1. The van der Waals surface area contributed by atoms with Crippen LogP contribution in [-0.2, 0) is 21.4 Å². The summed E-state index contributed by atoms with van der Waals surface area (Å²) in [5.41, 5.74) is 1.23. The quantitative estimate of drug-likeness (QED) is 0.352. The maximum absolute atomic E-state index is 14.0. The number of hydrogen-bond donors (Lipinski definition) is 2. The van der Waals surface area contributed by atoms with Crippen molar-refractivity contribution in [2.45, 2.75) is 25.3 Å². The van der Waals surface area contributed by atoms with Crippen LogP contribution >= 0.6 is 0 Å². The summed E-state index contributed by atoms with van der Waals surface area (Å²) in [5.74, 6) is -1.27. The number of anilines is 1. The molecule has 198 valence electrons. The topological polar surface area (TPSA) is 132 Å². The fourth-order valence-electron chi connectivity index (χ4n) is 4.02. The van der Waals surface area contributed by atoms with Gasteiger partial charge in [-0.2, -0.15) is 0 Å². The Kier molecular flexibility index (Phi) is 7.44. The molecule has 0 bridgehead atoms. The monoisotopic (exact) mass is 539 g/mol. The molecule has 0 saturated heterocycles. The Morgan fingerprint density at radius 3 is 2.63 bits per heavy atom. The third kappa shape index (κ3) is 5.21. The largest absolute Gasteiger partial charge is 0.480 e. The minimum Gasteiger partial charge on any atom is -0.480 e. The van der Waals surface area contributed by atoms with Crippen molar-refractivity contribution in [1.29, 1.82) is 0 Å². The lowest BCUT2D eigenvalue weighted by molar-refractivity contribution is -0.124. The number of fused-ring (bicyclic) bond motifs is 1. The molecule has 2 aromatic heterocycles. The van der Waals surface area contributed by atoms with Crippen molar-refractivity contribution in [2.24, 2.45) is 5.92 Å². The summed E-state index contributed by atoms with van der Waals surface area (Å²) in [6, 6.07) is 10.3. The number of carbonyl (C=O) groups excluding carboxylic acids is 1. The molecule has 0 aliphatic carbocycles. The fraction of sp³-hybridized carbons (Fsp3) is 0.231. The second-order valence-electron chi connectivity index (χ2n) is 8.70. The van der Waals surface area contributed by atoms with E-state index in [4.69, 9.17) is 4.74 Å². The van der Waals surface area contributed by atoms with E-state index in [2.05, 4.69) is 20.0 Å². The number of aromatic nitrogens is 3. The molecular weight excluding hydrogens is 513 g/mol. The van der Waals surface area contributed by atoms with Crippen LogP contribution in [0.2, 0.25) is 0 Å². The number of nitrogens with zero attached hydrogens (tertiary/aromatic N) is 3. The first-order valence-corrected chi connectivity index (χ1v) is 13.1. The summed E-state index contributed by atoms with van der Waals surface area (Å²) in [7, 11) is -1.30. The van der Waals surface area contributed by atoms with Crippen molar-refractivity contribution >= 4 is 32.5 Å². The molecule has 0 spiro atoms. The average molecular weight is 540 g/mol. The molecule has 2 N–H and O–H groups in total. The van der Waals surface area contributed by atoms with Gasteiger partial charge in [-0.1, -0.05) is 19.1 Å². The molecular formula is C26H26FN5O5S. The van der Waals surface area contributed by atoms with Crippen molar-refractivity contribution in [1.82, 2.24) is 19.9 Å². The minimum absolute atomic E-state index is 0.0133. The smallest absolute Gasteiger partial charge is 0.262 e. The average Bonchev–Trinajstić information content (AvgIpc) is 2.90. The lowest BCUT2D eigenvalue weighted by atomic mass is 10.0. The normalized spacial score (nSPS) is 12.2. The zero-order chi connectivity index (χ0) is 27.6. The molecule has 38 heavy (non-hydrogen) atoms. The van der Waals surface area contributed by atoms with E-state index in [9.17, 15) is 22.4 Å². The van der Waals surface area contributed by atoms with Crippen LogP contribution in [0.4, 0.5) is 10.1 Å². The molecule has 2 heterocycles. The summed E-state index contributed by atoms with van der Waals surface area (Å²) in [4.78, 5) is 33.4. The third-order valence-electron chi connectivity index (χ3n) is 6.12. The maximum atomic E-state index is 14.0. The van der Waals surface area contributed by atoms with E-state index in [1.54, 1.807) is 25.1 Å². The van der Waals surface area contributed by atoms with Crippen molar-refractivity contribution in [3.05, 3.63) is 76.7 Å². The predicted molar refractivity (Wildman–Crippen MR) is 141 cm³/mol. The van der Waals surface area contributed by atoms with E-state index in [-0.39, 0.29) is 40.0 Å². The van der Waals surface area contributed by atoms with Gasteiger partial charge in [0.2, 0.25) is 11.8 Å². The van der Waals surface area contributed by atoms with Crippen LogP contribution in [0, 0.1) is 18.7 Å². The molecule has 10 nitrogen and oxygen atoms in total. The van der Waals surface area contributed by atoms with Gasteiger partial charge in [0.05, 0.1) is 35.2 Å². The molecule has 0 fully saturated rings. The van der Waals surface area contributed by atoms with Gasteiger partial charge in [0.1, 0.15) is 11.5 Å². The molecule has 1 amide bonds. The molecule has 0 saturated carbocycles. The van der Waals surface area contributed by atoms with Crippen LogP contribution in [0.25, 0.3) is 22.0 Å². The molecule has 0 aliphatic rings. The Balaban J connectivity index is 1.74. The van der Waals surface area contributed by atoms with Crippen molar-refractivity contribution < 1.29 is 22.3 Å². The van der Waals surface area contributed by atoms with Gasteiger partial charge in [-0.25, -0.2) is 22.8 Å². The van der Waals surface area contributed by atoms with Crippen LogP contribution in [0.5, 0.6) is 5.88 Å². The van der Waals surface area contributed by atoms with Crippen LogP contribution in [0.1, 0.15) is 12.5 Å². The number of methoxy groups -OCH3 is 1. The SMILES string of the molecule is CNC(=O)[C@H](C)Cn1cnc2ccc(-c3cnc(OC)c(NS(=O)(=O)c4cccc(F)c4C)c3)cc2c1=O. The summed E-state index contributed by atoms with van der Waals surface area (Å²) in [6.07, 6.45) is 2.88. The van der Waals surface area contributed by atoms with Crippen LogP contribution < -0.4 is 20.3 Å². The number of amides is 1. The summed E-state index contributed by atoms with van der Waals surface area (Å²) >= 11 is 0. The van der Waals surface area contributed by atoms with E-state index in [1.807, 2.05) is 0 Å². The second kappa shape index (κ2) is 10.6. The highest BCUT2D eigenvalue weighted by Gasteiger charge is 2.22. The standard InChI is InChI=1S/C26H26FN5O5S/c1-15(24(33)28-3)13-32-14-30-21-9-8-17(10-19(21)26(32)34)18-11-22(25(37-4)29-12-18)31-38(35,36)23-7-5-6-20(27)16(23)2/h5-12,14-15,31H,13H2,1-4H3,(H,28,33)/t15-/m1/s1. The zero-order valence-corrected chi connectivity index (χ0v) is 22.0. The fourth-order valence-corrected chi connectivity index (χ4v) is 5.32. The van der Waals surface area contributed by atoms with E-state index in [1.165, 1.54) is 62.4 Å². The van der Waals surface area contributed by atoms with Gasteiger partial charge in [0.15, 0.2) is 0 Å². The molecule has 0 unspecified atom stereocenters. The number of halogens is 1. The highest BCUT2D eigenvalue weighted by molar-refractivity contribution is 7.92. The number of rotatable bonds is 8. The van der Waals surface area contributed by atoms with Crippen LogP contribution in [0.3, 0.4) is 0 Å². The Morgan fingerprint density at radius 2 is 1.92 bits per heavy atom. The number of benzene rings is 2. The van der Waals surface area contributed by atoms with E-state index in [0.29, 0.717) is 22.0 Å². The lowest BCUT2D eigenvalue weighted by Crippen LogP contribution is -2.32. The molecule has 4 rings (SSSR count). The molecule has 0 aliphatic heterocycles. The van der Waals surface area contributed by atoms with E-state index >= 15 is 0 Å². The molecule has 4 aromatic rings. The summed E-state index contributed by atoms with van der Waals surface area (Å²) < 4.78 is 49.2. The van der Waals surface area contributed by atoms with Gasteiger partial charge in [0, 0.05) is 30.9 Å². The first-order chi connectivity index (χ1) is 18.1. The second-order valence-corrected chi connectivity index (χ2v) is 10.3. The number of sulfonamides is 1. The van der Waals surface area contributed by atoms with Crippen LogP contribution in [-0.4, -0.2) is 43.0 Å². The first-order valence-electron chi connectivity index (χ1n) is 11.6. The Morgan fingerprint density at radius 1 is 1.16 bits per heavy atom. The molecule has 0 radical (unpaired) electrons. The predicted octanol–water partition coefficient (Wildman–Crippen LogP) is 3.10. The first kappa shape index (κ1) is 26.7. The summed E-state index contributed by atoms with van der Waals surface area (Å²) in [5, 5.41) is 2.88. The van der Waals surface area contributed by atoms with E-state index < -0.39 is 21.8 Å². The number of hydrogen-bond acceptors (Lipinski definition) is 7. The lowest BCUT2D eigenvalue weighted by Gasteiger charge is -2.14. The highest BCUT2D eigenvalue weighted by atomic mass is 32.2. The van der Waals surface area contributed by atoms with Gasteiger partial charge >= 0.3 is 0 Å². The van der Waals surface area contributed by atoms with Gasteiger partial charge < -0.3 is 10.1 Å². The summed E-state index contributed by atoms with van der Waals surface area (Å²) in [6.45, 7) is 3.24. The number of ether oxygens (including phenoxy) is 1. The van der Waals surface area contributed by atoms with Crippen LogP contribution in [0.15, 0.2) is 64.7 Å². The molecule has 2 aromatic carbocycles. The molecule has 1 atom stereocenters. The van der Waals surface area contributed by atoms with Gasteiger partial charge in [-0.15, -0.1) is 0 Å². The van der Waals surface area contributed by atoms with Gasteiger partial charge in [-0.3, -0.25) is 18.9 Å². The van der Waals surface area contributed by atoms with Crippen molar-refractivity contribution in [3.8, 4) is 17.0 Å². The highest BCUT2D eigenvalue weighted by Crippen LogP contribution is 2.31. The zero-order valence-electron chi connectivity index (χ0n) is 21.1. The van der Waals surface area contributed by atoms with E-state index in [0.717, 1.165) is 0 Å². The Hall–Kier alpha value is -4.32. The number of nitrogens with one attached hydrogen (secondary N) is 2. The van der Waals surface area contributed by atoms with Crippen molar-refractivity contribution in [2.75, 3.05) is 18.9 Å². The Bertz CT molecular complexity index is 1700. The van der Waals surface area contributed by atoms with Gasteiger partial charge in [0.25, 0.3) is 15.6 Å². The maximum Gasteiger partial charge on any atom is 0.262 e. The third-order valence-corrected chi connectivity index (χ3v) is 7.63.